The summed E-state index contributed by atoms with van der Waals surface area (Å²) in [6.07, 6.45) is 3.80. The molecule has 1 fully saturated rings. The van der Waals surface area contributed by atoms with Gasteiger partial charge in [-0.2, -0.15) is 0 Å². The Labute approximate surface area is 96.4 Å². The molecule has 2 rings (SSSR count). The highest BCUT2D eigenvalue weighted by molar-refractivity contribution is 9.09. The number of alkyl halides is 1. The van der Waals surface area contributed by atoms with Crippen LogP contribution in [0.25, 0.3) is 0 Å². The minimum absolute atomic E-state index is 0.367. The molecule has 0 saturated heterocycles. The molecular weight excluding hydrogens is 268 g/mol. The molecule has 1 aromatic rings. The minimum Gasteiger partial charge on any atom is -0.128 e. The second-order valence-corrected chi connectivity index (χ2v) is 7.01. The van der Waals surface area contributed by atoms with Crippen molar-refractivity contribution in [1.29, 1.82) is 0 Å². The molecule has 1 heterocycles. The van der Waals surface area contributed by atoms with Crippen LogP contribution in [0, 0.1) is 0 Å². The molecule has 72 valence electrons. The third-order valence-electron chi connectivity index (χ3n) is 2.85. The molecule has 2 unspecified atom stereocenters. The molecule has 0 bridgehead atoms. The quantitative estimate of drug-likeness (QED) is 0.659. The van der Waals surface area contributed by atoms with Crippen molar-refractivity contribution in [2.24, 2.45) is 0 Å². The van der Waals surface area contributed by atoms with E-state index in [0.717, 1.165) is 4.34 Å². The zero-order valence-electron chi connectivity index (χ0n) is 7.52. The molecule has 0 N–H and O–H groups in total. The van der Waals surface area contributed by atoms with Gasteiger partial charge in [-0.05, 0) is 31.4 Å². The van der Waals surface area contributed by atoms with Crippen LogP contribution in [0.4, 0.5) is 0 Å². The zero-order valence-corrected chi connectivity index (χ0v) is 10.7. The number of hydrogen-bond acceptors (Lipinski definition) is 1. The zero-order chi connectivity index (χ0) is 9.47. The summed E-state index contributed by atoms with van der Waals surface area (Å²) in [6, 6.07) is 4.19. The second kappa shape index (κ2) is 3.56. The van der Waals surface area contributed by atoms with E-state index in [1.54, 1.807) is 11.3 Å². The van der Waals surface area contributed by atoms with Crippen LogP contribution in [0.3, 0.4) is 0 Å². The minimum atomic E-state index is 0.367. The van der Waals surface area contributed by atoms with Gasteiger partial charge in [-0.15, -0.1) is 11.3 Å². The molecule has 3 heteroatoms. The summed E-state index contributed by atoms with van der Waals surface area (Å²) in [5, 5.41) is 0. The topological polar surface area (TPSA) is 0 Å². The van der Waals surface area contributed by atoms with Gasteiger partial charge < -0.3 is 0 Å². The first kappa shape index (κ1) is 10.0. The van der Waals surface area contributed by atoms with Crippen molar-refractivity contribution in [3.8, 4) is 0 Å². The molecular formula is C10H12BrClS. The Balaban J connectivity index is 2.25. The van der Waals surface area contributed by atoms with Crippen LogP contribution in [0.5, 0.6) is 0 Å². The summed E-state index contributed by atoms with van der Waals surface area (Å²) in [5.74, 6) is 0. The van der Waals surface area contributed by atoms with Crippen molar-refractivity contribution in [3.05, 3.63) is 21.3 Å². The lowest BCUT2D eigenvalue weighted by Gasteiger charge is -2.21. The van der Waals surface area contributed by atoms with Crippen molar-refractivity contribution in [2.45, 2.75) is 36.4 Å². The van der Waals surface area contributed by atoms with Gasteiger partial charge in [0.05, 0.1) is 4.34 Å². The number of thiophene rings is 1. The van der Waals surface area contributed by atoms with Crippen molar-refractivity contribution >= 4 is 38.9 Å². The van der Waals surface area contributed by atoms with Gasteiger partial charge in [-0.3, -0.25) is 0 Å². The molecule has 0 amide bonds. The van der Waals surface area contributed by atoms with E-state index in [9.17, 15) is 0 Å². The molecule has 0 aromatic carbocycles. The smallest absolute Gasteiger partial charge is 0.0931 e. The Morgan fingerprint density at radius 1 is 1.62 bits per heavy atom. The predicted octanol–water partition coefficient (Wildman–Crippen LogP) is 4.61. The SMILES string of the molecule is CC1(c2ccc(Cl)s2)CCC(Br)C1. The molecule has 1 saturated carbocycles. The van der Waals surface area contributed by atoms with Crippen molar-refractivity contribution in [1.82, 2.24) is 0 Å². The van der Waals surface area contributed by atoms with Crippen LogP contribution < -0.4 is 0 Å². The fourth-order valence-electron chi connectivity index (χ4n) is 2.03. The van der Waals surface area contributed by atoms with Gasteiger partial charge in [0.25, 0.3) is 0 Å². The first-order valence-electron chi connectivity index (χ1n) is 4.50. The van der Waals surface area contributed by atoms with Crippen molar-refractivity contribution < 1.29 is 0 Å². The fourth-order valence-corrected chi connectivity index (χ4v) is 4.20. The van der Waals surface area contributed by atoms with Crippen molar-refractivity contribution in [2.75, 3.05) is 0 Å². The average Bonchev–Trinajstić information content (AvgIpc) is 2.60. The number of hydrogen-bond donors (Lipinski definition) is 0. The summed E-state index contributed by atoms with van der Waals surface area (Å²) in [6.45, 7) is 2.34. The van der Waals surface area contributed by atoms with E-state index >= 15 is 0 Å². The lowest BCUT2D eigenvalue weighted by atomic mass is 9.87. The van der Waals surface area contributed by atoms with Crippen LogP contribution in [0.1, 0.15) is 31.1 Å². The highest BCUT2D eigenvalue weighted by atomic mass is 79.9. The molecule has 1 aliphatic carbocycles. The normalized spacial score (nSPS) is 33.9. The third kappa shape index (κ3) is 1.95. The van der Waals surface area contributed by atoms with Gasteiger partial charge in [0.15, 0.2) is 0 Å². The van der Waals surface area contributed by atoms with E-state index < -0.39 is 0 Å². The van der Waals surface area contributed by atoms with E-state index in [0.29, 0.717) is 10.2 Å². The Morgan fingerprint density at radius 3 is 2.85 bits per heavy atom. The van der Waals surface area contributed by atoms with Crippen LogP contribution in [-0.4, -0.2) is 4.83 Å². The Bertz CT molecular complexity index is 310. The number of halogens is 2. The molecule has 2 atom stereocenters. The van der Waals surface area contributed by atoms with E-state index in [1.807, 2.05) is 6.07 Å². The first-order chi connectivity index (χ1) is 6.10. The lowest BCUT2D eigenvalue weighted by molar-refractivity contribution is 0.504. The van der Waals surface area contributed by atoms with E-state index in [4.69, 9.17) is 11.6 Å². The average molecular weight is 280 g/mol. The number of rotatable bonds is 1. The summed E-state index contributed by atoms with van der Waals surface area (Å²) in [7, 11) is 0. The lowest BCUT2D eigenvalue weighted by Crippen LogP contribution is -2.15. The van der Waals surface area contributed by atoms with Crippen LogP contribution in [-0.2, 0) is 5.41 Å². The molecule has 13 heavy (non-hydrogen) atoms. The summed E-state index contributed by atoms with van der Waals surface area (Å²) >= 11 is 11.4. The van der Waals surface area contributed by atoms with Crippen LogP contribution >= 0.6 is 38.9 Å². The van der Waals surface area contributed by atoms with Gasteiger partial charge >= 0.3 is 0 Å². The highest BCUT2D eigenvalue weighted by Gasteiger charge is 2.36. The van der Waals surface area contributed by atoms with Gasteiger partial charge in [-0.1, -0.05) is 34.5 Å². The monoisotopic (exact) mass is 278 g/mol. The van der Waals surface area contributed by atoms with Gasteiger partial charge in [0, 0.05) is 15.1 Å². The predicted molar refractivity (Wildman–Crippen MR) is 63.2 cm³/mol. The van der Waals surface area contributed by atoms with Crippen molar-refractivity contribution in [3.63, 3.8) is 0 Å². The first-order valence-corrected chi connectivity index (χ1v) is 6.61. The molecule has 0 nitrogen and oxygen atoms in total. The second-order valence-electron chi connectivity index (χ2n) is 4.00. The van der Waals surface area contributed by atoms with E-state index in [1.165, 1.54) is 24.1 Å². The van der Waals surface area contributed by atoms with Crippen LogP contribution in [0.15, 0.2) is 12.1 Å². The highest BCUT2D eigenvalue weighted by Crippen LogP contribution is 2.46. The summed E-state index contributed by atoms with van der Waals surface area (Å²) in [5.41, 5.74) is 0.367. The Morgan fingerprint density at radius 2 is 2.38 bits per heavy atom. The fraction of sp³-hybridized carbons (Fsp3) is 0.600. The molecule has 1 aromatic heterocycles. The maximum atomic E-state index is 5.94. The molecule has 0 aliphatic heterocycles. The van der Waals surface area contributed by atoms with Crippen LogP contribution in [0.2, 0.25) is 4.34 Å². The Kier molecular flexibility index (Phi) is 2.74. The van der Waals surface area contributed by atoms with Gasteiger partial charge in [-0.25, -0.2) is 0 Å². The maximum Gasteiger partial charge on any atom is 0.0931 e. The van der Waals surface area contributed by atoms with Gasteiger partial charge in [0.1, 0.15) is 0 Å². The standard InChI is InChI=1S/C10H12BrClS/c1-10(5-4-7(11)6-10)8-2-3-9(12)13-8/h2-3,7H,4-6H2,1H3. The maximum absolute atomic E-state index is 5.94. The molecule has 0 radical (unpaired) electrons. The summed E-state index contributed by atoms with van der Waals surface area (Å²) in [4.78, 5) is 2.14. The third-order valence-corrected chi connectivity index (χ3v) is 5.17. The van der Waals surface area contributed by atoms with E-state index in [-0.39, 0.29) is 0 Å². The summed E-state index contributed by atoms with van der Waals surface area (Å²) < 4.78 is 0.911. The Hall–Kier alpha value is 0.470. The van der Waals surface area contributed by atoms with E-state index in [2.05, 4.69) is 28.9 Å². The molecule has 1 aliphatic rings. The molecule has 0 spiro atoms. The van der Waals surface area contributed by atoms with Gasteiger partial charge in [0.2, 0.25) is 0 Å². The largest absolute Gasteiger partial charge is 0.128 e.